The van der Waals surface area contributed by atoms with E-state index >= 15 is 0 Å². The number of benzene rings is 3. The van der Waals surface area contributed by atoms with E-state index in [9.17, 15) is 9.59 Å². The maximum Gasteiger partial charge on any atom is 0.336 e. The molecule has 5 aromatic rings. The first-order valence-electron chi connectivity index (χ1n) is 13.2. The van der Waals surface area contributed by atoms with Crippen LogP contribution in [0.4, 0.5) is 17.3 Å². The van der Waals surface area contributed by atoms with Crippen molar-refractivity contribution in [1.82, 2.24) is 15.0 Å². The van der Waals surface area contributed by atoms with Crippen LogP contribution in [0.15, 0.2) is 122 Å². The second kappa shape index (κ2) is 13.5. The Kier molecular flexibility index (Phi) is 8.86. The van der Waals surface area contributed by atoms with Crippen LogP contribution in [0.5, 0.6) is 5.75 Å². The molecule has 8 heteroatoms. The molecule has 206 valence electrons. The van der Waals surface area contributed by atoms with Crippen molar-refractivity contribution in [3.63, 3.8) is 0 Å². The Labute approximate surface area is 243 Å². The molecule has 2 heterocycles. The van der Waals surface area contributed by atoms with Gasteiger partial charge in [-0.25, -0.2) is 14.8 Å². The third-order valence-electron chi connectivity index (χ3n) is 6.10. The lowest BCUT2D eigenvalue weighted by Crippen LogP contribution is -2.08. The summed E-state index contributed by atoms with van der Waals surface area (Å²) in [5, 5.41) is 6.11. The molecule has 0 aliphatic heterocycles. The summed E-state index contributed by atoms with van der Waals surface area (Å²) in [7, 11) is 0. The lowest BCUT2D eigenvalue weighted by Gasteiger charge is -2.11. The molecule has 8 nitrogen and oxygen atoms in total. The van der Waals surface area contributed by atoms with Gasteiger partial charge in [0.25, 0.3) is 0 Å². The molecule has 0 bridgehead atoms. The Morgan fingerprint density at radius 1 is 0.810 bits per heavy atom. The van der Waals surface area contributed by atoms with Gasteiger partial charge in [0.2, 0.25) is 11.9 Å². The van der Waals surface area contributed by atoms with Gasteiger partial charge in [-0.2, -0.15) is 0 Å². The molecular formula is C34H27N5O3. The summed E-state index contributed by atoms with van der Waals surface area (Å²) in [5.74, 6) is 0.0838. The van der Waals surface area contributed by atoms with Crippen molar-refractivity contribution < 1.29 is 14.3 Å². The highest BCUT2D eigenvalue weighted by Crippen LogP contribution is 2.24. The van der Waals surface area contributed by atoms with Crippen LogP contribution in [0.3, 0.4) is 0 Å². The number of anilines is 3. The lowest BCUT2D eigenvalue weighted by atomic mass is 10.1. The number of carbonyl (C=O) groups excluding carboxylic acids is 2. The van der Waals surface area contributed by atoms with Crippen LogP contribution in [0.25, 0.3) is 23.4 Å². The minimum Gasteiger partial charge on any atom is -0.423 e. The predicted octanol–water partition coefficient (Wildman–Crippen LogP) is 6.86. The fourth-order valence-corrected chi connectivity index (χ4v) is 3.93. The average molecular weight is 554 g/mol. The van der Waals surface area contributed by atoms with E-state index < -0.39 is 5.97 Å². The van der Waals surface area contributed by atoms with Gasteiger partial charge in [-0.3, -0.25) is 9.78 Å². The summed E-state index contributed by atoms with van der Waals surface area (Å²) in [5.41, 5.74) is 5.68. The highest BCUT2D eigenvalue weighted by Gasteiger charge is 2.07. The van der Waals surface area contributed by atoms with E-state index in [1.165, 1.54) is 12.2 Å². The van der Waals surface area contributed by atoms with Crippen molar-refractivity contribution >= 4 is 41.4 Å². The maximum absolute atomic E-state index is 12.6. The molecule has 2 N–H and O–H groups in total. The van der Waals surface area contributed by atoms with E-state index in [0.717, 1.165) is 33.6 Å². The number of ether oxygens (including phenoxy) is 1. The molecule has 0 saturated carbocycles. The lowest BCUT2D eigenvalue weighted by molar-refractivity contribution is -0.128. The molecule has 5 rings (SSSR count). The van der Waals surface area contributed by atoms with Gasteiger partial charge < -0.3 is 15.4 Å². The number of hydrogen-bond acceptors (Lipinski definition) is 7. The van der Waals surface area contributed by atoms with Gasteiger partial charge in [-0.15, -0.1) is 0 Å². The van der Waals surface area contributed by atoms with Crippen molar-refractivity contribution in [3.8, 4) is 17.0 Å². The van der Waals surface area contributed by atoms with Gasteiger partial charge in [-0.1, -0.05) is 48.5 Å². The van der Waals surface area contributed by atoms with Crippen molar-refractivity contribution in [2.75, 3.05) is 10.6 Å². The SMILES string of the molecule is Cc1ccc(NC(=O)/C=C/c2ccc(OC(=O)/C=C\c3ccccc3)cc2)cc1Nc1nccc(-c2cccnc2)n1. The third kappa shape index (κ3) is 7.83. The Balaban J connectivity index is 1.17. The number of aromatic nitrogens is 3. The quantitative estimate of drug-likeness (QED) is 0.117. The van der Waals surface area contributed by atoms with Crippen LogP contribution < -0.4 is 15.4 Å². The van der Waals surface area contributed by atoms with E-state index in [0.29, 0.717) is 17.4 Å². The second-order valence-electron chi connectivity index (χ2n) is 9.22. The summed E-state index contributed by atoms with van der Waals surface area (Å²) < 4.78 is 5.34. The van der Waals surface area contributed by atoms with Crippen LogP contribution in [0, 0.1) is 6.92 Å². The number of rotatable bonds is 9. The molecule has 0 fully saturated rings. The van der Waals surface area contributed by atoms with Crippen LogP contribution in [0.1, 0.15) is 16.7 Å². The number of nitrogens with one attached hydrogen (secondary N) is 2. The second-order valence-corrected chi connectivity index (χ2v) is 9.22. The Bertz CT molecular complexity index is 1740. The molecule has 0 radical (unpaired) electrons. The topological polar surface area (TPSA) is 106 Å². The predicted molar refractivity (Wildman–Crippen MR) is 165 cm³/mol. The first-order valence-corrected chi connectivity index (χ1v) is 13.2. The highest BCUT2D eigenvalue weighted by molar-refractivity contribution is 6.02. The molecule has 3 aromatic carbocycles. The number of esters is 1. The van der Waals surface area contributed by atoms with Crippen molar-refractivity contribution in [3.05, 3.63) is 138 Å². The van der Waals surface area contributed by atoms with Gasteiger partial charge in [0, 0.05) is 47.7 Å². The number of pyridine rings is 1. The number of aryl methyl sites for hydroxylation is 1. The van der Waals surface area contributed by atoms with Gasteiger partial charge in [0.05, 0.1) is 5.69 Å². The van der Waals surface area contributed by atoms with Crippen molar-refractivity contribution in [2.24, 2.45) is 0 Å². The zero-order valence-corrected chi connectivity index (χ0v) is 22.8. The Morgan fingerprint density at radius 2 is 1.60 bits per heavy atom. The van der Waals surface area contributed by atoms with Crippen LogP contribution in [-0.4, -0.2) is 26.8 Å². The maximum atomic E-state index is 12.6. The van der Waals surface area contributed by atoms with Gasteiger partial charge in [0.1, 0.15) is 5.75 Å². The number of carbonyl (C=O) groups is 2. The summed E-state index contributed by atoms with van der Waals surface area (Å²) in [6, 6.07) is 27.6. The molecule has 0 saturated heterocycles. The molecule has 0 aliphatic rings. The third-order valence-corrected chi connectivity index (χ3v) is 6.10. The summed E-state index contributed by atoms with van der Waals surface area (Å²) in [6.45, 7) is 1.96. The zero-order chi connectivity index (χ0) is 29.1. The standard InChI is InChI=1S/C34H27N5O3/c1-24-9-14-28(22-31(24)39-34-36-21-19-30(38-34)27-8-5-20-35-23-27)37-32(40)17-12-26-10-15-29(16-11-26)42-33(41)18-13-25-6-3-2-4-7-25/h2-23H,1H3,(H,37,40)(H,36,38,39)/b17-12+,18-13-. The number of hydrogen-bond donors (Lipinski definition) is 2. The summed E-state index contributed by atoms with van der Waals surface area (Å²) in [4.78, 5) is 37.8. The number of amides is 1. The molecular weight excluding hydrogens is 526 g/mol. The fraction of sp³-hybridized carbons (Fsp3) is 0.0294. The van der Waals surface area contributed by atoms with E-state index in [1.54, 1.807) is 55.0 Å². The fourth-order valence-electron chi connectivity index (χ4n) is 3.93. The Hall–Kier alpha value is -5.89. The smallest absolute Gasteiger partial charge is 0.336 e. The largest absolute Gasteiger partial charge is 0.423 e. The van der Waals surface area contributed by atoms with Gasteiger partial charge in [0.15, 0.2) is 0 Å². The first kappa shape index (κ1) is 27.7. The first-order chi connectivity index (χ1) is 20.5. The van der Waals surface area contributed by atoms with Crippen LogP contribution in [0.2, 0.25) is 0 Å². The van der Waals surface area contributed by atoms with Crippen LogP contribution >= 0.6 is 0 Å². The normalized spacial score (nSPS) is 11.0. The van der Waals surface area contributed by atoms with E-state index in [1.807, 2.05) is 73.7 Å². The Morgan fingerprint density at radius 3 is 2.38 bits per heavy atom. The van der Waals surface area contributed by atoms with Crippen molar-refractivity contribution in [2.45, 2.75) is 6.92 Å². The zero-order valence-electron chi connectivity index (χ0n) is 22.8. The molecule has 0 aliphatic carbocycles. The van der Waals surface area contributed by atoms with E-state index in [4.69, 9.17) is 4.74 Å². The summed E-state index contributed by atoms with van der Waals surface area (Å²) >= 11 is 0. The molecule has 0 unspecified atom stereocenters. The highest BCUT2D eigenvalue weighted by atomic mass is 16.5. The van der Waals surface area contributed by atoms with E-state index in [2.05, 4.69) is 25.6 Å². The van der Waals surface area contributed by atoms with Gasteiger partial charge in [-0.05, 0) is 78.2 Å². The monoisotopic (exact) mass is 553 g/mol. The minimum atomic E-state index is -0.471. The molecule has 1 amide bonds. The minimum absolute atomic E-state index is 0.291. The van der Waals surface area contributed by atoms with Gasteiger partial charge >= 0.3 is 5.97 Å². The van der Waals surface area contributed by atoms with Crippen molar-refractivity contribution in [1.29, 1.82) is 0 Å². The molecule has 0 spiro atoms. The van der Waals surface area contributed by atoms with Crippen LogP contribution in [-0.2, 0) is 9.59 Å². The van der Waals surface area contributed by atoms with E-state index in [-0.39, 0.29) is 5.91 Å². The average Bonchev–Trinajstić information content (AvgIpc) is 3.02. The molecule has 42 heavy (non-hydrogen) atoms. The molecule has 0 atom stereocenters. The summed E-state index contributed by atoms with van der Waals surface area (Å²) in [6.07, 6.45) is 11.3. The number of nitrogens with zero attached hydrogens (tertiary/aromatic N) is 3. The molecule has 2 aromatic heterocycles.